The topological polar surface area (TPSA) is 75.6 Å². The molecule has 0 aromatic rings. The number of aliphatic hydroxyl groups is 1. The predicted molar refractivity (Wildman–Crippen MR) is 101 cm³/mol. The molecule has 2 saturated carbocycles. The first-order valence-electron chi connectivity index (χ1n) is 11.0. The molecule has 4 heterocycles. The van der Waals surface area contributed by atoms with Gasteiger partial charge in [0.05, 0.1) is 49.7 Å². The zero-order valence-electron chi connectivity index (χ0n) is 18.3. The lowest BCUT2D eigenvalue weighted by molar-refractivity contribution is -0.252. The van der Waals surface area contributed by atoms with E-state index in [0.29, 0.717) is 19.8 Å². The number of aliphatic hydroxyl groups excluding tert-OH is 1. The van der Waals surface area contributed by atoms with Crippen LogP contribution in [0.15, 0.2) is 0 Å². The highest BCUT2D eigenvalue weighted by molar-refractivity contribution is 5.42. The van der Waals surface area contributed by atoms with E-state index in [2.05, 4.69) is 27.7 Å². The van der Waals surface area contributed by atoms with Crippen LogP contribution in [-0.4, -0.2) is 81.1 Å². The van der Waals surface area contributed by atoms with Crippen LogP contribution in [0.1, 0.15) is 34.1 Å². The lowest BCUT2D eigenvalue weighted by Crippen LogP contribution is -2.65. The minimum absolute atomic E-state index is 0.0873. The first-order chi connectivity index (χ1) is 13.7. The molecule has 1 N–H and O–H groups in total. The van der Waals surface area contributed by atoms with Crippen molar-refractivity contribution in [2.24, 2.45) is 28.1 Å². The van der Waals surface area contributed by atoms with Crippen LogP contribution in [0.25, 0.3) is 0 Å². The molecule has 7 heteroatoms. The number of hydrogen-bond donors (Lipinski definition) is 1. The van der Waals surface area contributed by atoms with Gasteiger partial charge in [-0.25, -0.2) is 0 Å². The lowest BCUT2D eigenvalue weighted by Gasteiger charge is -2.50. The number of methoxy groups -OCH3 is 2. The van der Waals surface area contributed by atoms with Gasteiger partial charge >= 0.3 is 0 Å². The fourth-order valence-electron chi connectivity index (χ4n) is 9.32. The summed E-state index contributed by atoms with van der Waals surface area (Å²) >= 11 is 0. The monoisotopic (exact) mass is 410 g/mol. The maximum absolute atomic E-state index is 11.7. The van der Waals surface area contributed by atoms with Gasteiger partial charge in [-0.1, -0.05) is 27.7 Å². The summed E-state index contributed by atoms with van der Waals surface area (Å²) < 4.78 is 38.5. The van der Waals surface area contributed by atoms with Crippen LogP contribution in [0.5, 0.6) is 0 Å². The molecule has 29 heavy (non-hydrogen) atoms. The van der Waals surface area contributed by atoms with E-state index >= 15 is 0 Å². The molecular formula is C22H34O7. The van der Waals surface area contributed by atoms with Gasteiger partial charge in [-0.3, -0.25) is 0 Å². The van der Waals surface area contributed by atoms with E-state index in [0.717, 1.165) is 6.42 Å². The Kier molecular flexibility index (Phi) is 3.59. The van der Waals surface area contributed by atoms with Gasteiger partial charge in [0.25, 0.3) is 0 Å². The van der Waals surface area contributed by atoms with Gasteiger partial charge in [0.2, 0.25) is 0 Å². The summed E-state index contributed by atoms with van der Waals surface area (Å²) in [4.78, 5) is 0. The van der Waals surface area contributed by atoms with Crippen molar-refractivity contribution >= 4 is 0 Å². The second-order valence-corrected chi connectivity index (χ2v) is 11.2. The van der Waals surface area contributed by atoms with Gasteiger partial charge in [-0.2, -0.15) is 0 Å². The van der Waals surface area contributed by atoms with Gasteiger partial charge in [0, 0.05) is 31.5 Å². The summed E-state index contributed by atoms with van der Waals surface area (Å²) in [6.07, 6.45) is -0.936. The maximum atomic E-state index is 11.7. The van der Waals surface area contributed by atoms with Crippen molar-refractivity contribution in [2.75, 3.05) is 34.0 Å². The van der Waals surface area contributed by atoms with E-state index < -0.39 is 34.4 Å². The van der Waals surface area contributed by atoms with E-state index in [-0.39, 0.29) is 35.6 Å². The standard InChI is InChI=1S/C22H34O7/c1-11-8-26-12-7-19-16-14(23)15(18(2,3)4)21(19)13(24-5)9-27-17(21)29-20(19,10-28-16)22(11,12)25-6/h11-17,23H,7-10H2,1-6H3/t11-,12?,13?,14-,15+,16?,17+,19?,20?,21?,22-/m1/s1. The molecule has 0 aromatic heterocycles. The molecule has 6 fully saturated rings. The third-order valence-corrected chi connectivity index (χ3v) is 9.69. The van der Waals surface area contributed by atoms with E-state index in [1.54, 1.807) is 14.2 Å². The van der Waals surface area contributed by atoms with Crippen molar-refractivity contribution in [1.29, 1.82) is 0 Å². The first-order valence-corrected chi connectivity index (χ1v) is 11.0. The number of fused-ring (bicyclic) bond motifs is 1. The molecule has 2 aliphatic carbocycles. The van der Waals surface area contributed by atoms with Crippen LogP contribution in [0.3, 0.4) is 0 Å². The van der Waals surface area contributed by atoms with Crippen molar-refractivity contribution in [3.8, 4) is 0 Å². The summed E-state index contributed by atoms with van der Waals surface area (Å²) in [5, 5.41) is 11.7. The Morgan fingerprint density at radius 1 is 1.07 bits per heavy atom. The van der Waals surface area contributed by atoms with Crippen LogP contribution < -0.4 is 0 Å². The number of rotatable bonds is 2. The highest BCUT2D eigenvalue weighted by atomic mass is 16.7. The third-order valence-electron chi connectivity index (χ3n) is 9.69. The van der Waals surface area contributed by atoms with E-state index in [9.17, 15) is 5.11 Å². The second kappa shape index (κ2) is 5.37. The molecule has 6 unspecified atom stereocenters. The van der Waals surface area contributed by atoms with Gasteiger partial charge in [0.1, 0.15) is 11.2 Å². The molecule has 11 atom stereocenters. The molecule has 0 amide bonds. The van der Waals surface area contributed by atoms with Crippen molar-refractivity contribution in [3.05, 3.63) is 0 Å². The van der Waals surface area contributed by atoms with Crippen LogP contribution in [0, 0.1) is 28.1 Å². The Labute approximate surface area is 172 Å². The molecule has 0 radical (unpaired) electrons. The average molecular weight is 411 g/mol. The summed E-state index contributed by atoms with van der Waals surface area (Å²) in [5.41, 5.74) is -2.52. The fourth-order valence-corrected chi connectivity index (χ4v) is 9.32. The number of ether oxygens (including phenoxy) is 6. The highest BCUT2D eigenvalue weighted by Crippen LogP contribution is 2.84. The minimum atomic E-state index is -0.719. The number of hydrogen-bond acceptors (Lipinski definition) is 7. The zero-order valence-corrected chi connectivity index (χ0v) is 18.3. The van der Waals surface area contributed by atoms with Gasteiger partial charge in [-0.15, -0.1) is 0 Å². The van der Waals surface area contributed by atoms with E-state index in [4.69, 9.17) is 28.4 Å². The SMILES string of the molecule is COC1CO[C@H]2OC34COC5[C@H](O)[C@@H](C(C)(C)C)C12C53CC1OC[C@@H](C)[C@@]14OC. The summed E-state index contributed by atoms with van der Waals surface area (Å²) in [6.45, 7) is 10.2. The van der Waals surface area contributed by atoms with Crippen molar-refractivity contribution in [2.45, 2.75) is 76.0 Å². The maximum Gasteiger partial charge on any atom is 0.168 e. The Hall–Kier alpha value is -0.280. The van der Waals surface area contributed by atoms with Gasteiger partial charge in [0.15, 0.2) is 6.29 Å². The highest BCUT2D eigenvalue weighted by Gasteiger charge is 2.97. The fraction of sp³-hybridized carbons (Fsp3) is 1.00. The van der Waals surface area contributed by atoms with Crippen LogP contribution >= 0.6 is 0 Å². The Morgan fingerprint density at radius 2 is 1.83 bits per heavy atom. The molecule has 6 aliphatic rings. The second-order valence-electron chi connectivity index (χ2n) is 11.2. The van der Waals surface area contributed by atoms with Gasteiger partial charge < -0.3 is 33.5 Å². The van der Waals surface area contributed by atoms with E-state index in [1.165, 1.54) is 0 Å². The Morgan fingerprint density at radius 3 is 2.48 bits per heavy atom. The predicted octanol–water partition coefficient (Wildman–Crippen LogP) is 1.36. The summed E-state index contributed by atoms with van der Waals surface area (Å²) in [5.74, 6) is 0.0598. The molecule has 0 bridgehead atoms. The molecule has 0 aromatic carbocycles. The van der Waals surface area contributed by atoms with Crippen molar-refractivity contribution in [3.63, 3.8) is 0 Å². The lowest BCUT2D eigenvalue weighted by atomic mass is 9.51. The molecular weight excluding hydrogens is 376 g/mol. The summed E-state index contributed by atoms with van der Waals surface area (Å²) in [7, 11) is 3.52. The molecule has 2 spiro atoms. The van der Waals surface area contributed by atoms with Crippen LogP contribution in [0.4, 0.5) is 0 Å². The zero-order chi connectivity index (χ0) is 20.6. The quantitative estimate of drug-likeness (QED) is 0.737. The summed E-state index contributed by atoms with van der Waals surface area (Å²) in [6, 6.07) is 0. The average Bonchev–Trinajstić information content (AvgIpc) is 3.38. The molecule has 6 rings (SSSR count). The molecule has 164 valence electrons. The first kappa shape index (κ1) is 19.4. The van der Waals surface area contributed by atoms with Crippen LogP contribution in [-0.2, 0) is 28.4 Å². The molecule has 4 aliphatic heterocycles. The van der Waals surface area contributed by atoms with Crippen molar-refractivity contribution < 1.29 is 33.5 Å². The van der Waals surface area contributed by atoms with Gasteiger partial charge in [-0.05, 0) is 11.8 Å². The largest absolute Gasteiger partial charge is 0.390 e. The van der Waals surface area contributed by atoms with Crippen LogP contribution in [0.2, 0.25) is 0 Å². The smallest absolute Gasteiger partial charge is 0.168 e. The minimum Gasteiger partial charge on any atom is -0.390 e. The normalized spacial score (nSPS) is 62.4. The molecule has 4 saturated heterocycles. The van der Waals surface area contributed by atoms with Crippen molar-refractivity contribution in [1.82, 2.24) is 0 Å². The Bertz CT molecular complexity index is 737. The Balaban J connectivity index is 1.66. The molecule has 7 nitrogen and oxygen atoms in total. The third kappa shape index (κ3) is 1.58. The van der Waals surface area contributed by atoms with E-state index in [1.807, 2.05) is 0 Å².